The summed E-state index contributed by atoms with van der Waals surface area (Å²) in [5.74, 6) is 0.339. The molecule has 0 aliphatic rings. The summed E-state index contributed by atoms with van der Waals surface area (Å²) in [5, 5.41) is 19.2. The van der Waals surface area contributed by atoms with Crippen molar-refractivity contribution in [2.24, 2.45) is 5.14 Å². The molecule has 0 aliphatic carbocycles. The van der Waals surface area contributed by atoms with E-state index in [1.165, 1.54) is 36.1 Å². The number of nitrogens with two attached hydrogens (primary N) is 1. The molecule has 27 heavy (non-hydrogen) atoms. The Bertz CT molecular complexity index is 1140. The third kappa shape index (κ3) is 3.77. The molecule has 0 saturated carbocycles. The number of halogens is 2. The Kier molecular flexibility index (Phi) is 5.13. The summed E-state index contributed by atoms with van der Waals surface area (Å²) in [6.07, 6.45) is 0. The first kappa shape index (κ1) is 19.2. The van der Waals surface area contributed by atoms with Crippen molar-refractivity contribution in [1.82, 2.24) is 9.78 Å². The van der Waals surface area contributed by atoms with Crippen molar-refractivity contribution >= 4 is 33.2 Å². The van der Waals surface area contributed by atoms with Gasteiger partial charge in [-0.3, -0.25) is 0 Å². The van der Waals surface area contributed by atoms with E-state index in [-0.39, 0.29) is 10.6 Å². The van der Waals surface area contributed by atoms with E-state index in [4.69, 9.17) is 33.1 Å². The molecule has 0 fully saturated rings. The molecular weight excluding hydrogens is 411 g/mol. The van der Waals surface area contributed by atoms with E-state index < -0.39 is 10.0 Å². The van der Waals surface area contributed by atoms with Gasteiger partial charge in [0.1, 0.15) is 6.07 Å². The van der Waals surface area contributed by atoms with Crippen molar-refractivity contribution in [2.75, 3.05) is 7.11 Å². The summed E-state index contributed by atoms with van der Waals surface area (Å²) in [6, 6.07) is 12.6. The second kappa shape index (κ2) is 7.21. The molecule has 3 rings (SSSR count). The highest BCUT2D eigenvalue weighted by atomic mass is 35.5. The van der Waals surface area contributed by atoms with Gasteiger partial charge in [0.15, 0.2) is 11.4 Å². The number of hydrogen-bond acceptors (Lipinski definition) is 5. The second-order valence-electron chi connectivity index (χ2n) is 5.45. The molecule has 0 unspecified atom stereocenters. The Labute approximate surface area is 165 Å². The van der Waals surface area contributed by atoms with Crippen LogP contribution < -0.4 is 9.88 Å². The van der Waals surface area contributed by atoms with Crippen LogP contribution >= 0.6 is 23.2 Å². The quantitative estimate of drug-likeness (QED) is 0.692. The zero-order valence-corrected chi connectivity index (χ0v) is 16.2. The van der Waals surface area contributed by atoms with E-state index in [0.717, 1.165) is 0 Å². The Morgan fingerprint density at radius 2 is 1.74 bits per heavy atom. The van der Waals surface area contributed by atoms with Crippen LogP contribution in [-0.4, -0.2) is 25.3 Å². The van der Waals surface area contributed by atoms with Crippen LogP contribution in [0.25, 0.3) is 16.9 Å². The van der Waals surface area contributed by atoms with Gasteiger partial charge >= 0.3 is 0 Å². The highest BCUT2D eigenvalue weighted by molar-refractivity contribution is 7.89. The van der Waals surface area contributed by atoms with E-state index in [2.05, 4.69) is 5.10 Å². The number of ether oxygens (including phenoxy) is 1. The van der Waals surface area contributed by atoms with Gasteiger partial charge in [-0.1, -0.05) is 23.2 Å². The van der Waals surface area contributed by atoms with Gasteiger partial charge in [0.2, 0.25) is 10.0 Å². The normalized spacial score (nSPS) is 11.2. The predicted octanol–water partition coefficient (Wildman–Crippen LogP) is 3.37. The maximum Gasteiger partial charge on any atom is 0.238 e. The van der Waals surface area contributed by atoms with E-state index in [9.17, 15) is 13.7 Å². The van der Waals surface area contributed by atoms with E-state index in [1.54, 1.807) is 18.2 Å². The van der Waals surface area contributed by atoms with Crippen LogP contribution in [0.4, 0.5) is 0 Å². The fraction of sp³-hybridized carbons (Fsp3) is 0.0588. The van der Waals surface area contributed by atoms with Crippen molar-refractivity contribution in [1.29, 1.82) is 5.26 Å². The number of nitriles is 1. The molecule has 3 aromatic rings. The summed E-state index contributed by atoms with van der Waals surface area (Å²) < 4.78 is 29.5. The molecule has 0 saturated heterocycles. The Balaban J connectivity index is 2.17. The first-order valence-corrected chi connectivity index (χ1v) is 9.71. The molecule has 0 bridgehead atoms. The predicted molar refractivity (Wildman–Crippen MR) is 102 cm³/mol. The first-order valence-electron chi connectivity index (χ1n) is 7.41. The van der Waals surface area contributed by atoms with Crippen LogP contribution in [0.1, 0.15) is 5.69 Å². The molecule has 7 nitrogen and oxygen atoms in total. The van der Waals surface area contributed by atoms with Gasteiger partial charge in [-0.2, -0.15) is 10.4 Å². The minimum Gasteiger partial charge on any atom is -0.494 e. The number of hydrogen-bond donors (Lipinski definition) is 1. The molecule has 2 aromatic carbocycles. The molecule has 0 spiro atoms. The topological polar surface area (TPSA) is 111 Å². The SMILES string of the molecule is COc1c(Cl)cc(-c2cc(C#N)nn2-c2ccc(S(N)(=O)=O)cc2)cc1Cl. The Morgan fingerprint density at radius 1 is 1.15 bits per heavy atom. The van der Waals surface area contributed by atoms with Gasteiger partial charge in [0.25, 0.3) is 0 Å². The molecule has 0 aliphatic heterocycles. The van der Waals surface area contributed by atoms with Crippen molar-refractivity contribution < 1.29 is 13.2 Å². The number of methoxy groups -OCH3 is 1. The van der Waals surface area contributed by atoms with Crippen LogP contribution in [0.5, 0.6) is 5.75 Å². The zero-order chi connectivity index (χ0) is 19.8. The number of sulfonamides is 1. The van der Waals surface area contributed by atoms with Gasteiger partial charge in [0, 0.05) is 11.6 Å². The Hall–Kier alpha value is -2.57. The summed E-state index contributed by atoms with van der Waals surface area (Å²) >= 11 is 12.4. The summed E-state index contributed by atoms with van der Waals surface area (Å²) in [4.78, 5) is -0.0315. The van der Waals surface area contributed by atoms with E-state index in [0.29, 0.717) is 32.7 Å². The number of nitrogens with zero attached hydrogens (tertiary/aromatic N) is 3. The fourth-order valence-electron chi connectivity index (χ4n) is 2.52. The first-order chi connectivity index (χ1) is 12.7. The standard InChI is InChI=1S/C17H12Cl2N4O3S/c1-26-17-14(18)6-10(7-15(17)19)16-8-11(9-20)22-23(16)12-2-4-13(5-3-12)27(21,24)25/h2-8H,1H3,(H2,21,24,25). The number of aromatic nitrogens is 2. The third-order valence-electron chi connectivity index (χ3n) is 3.73. The number of rotatable bonds is 4. The average molecular weight is 423 g/mol. The van der Waals surface area contributed by atoms with Gasteiger partial charge in [-0.25, -0.2) is 18.2 Å². The lowest BCUT2D eigenvalue weighted by atomic mass is 10.1. The molecule has 2 N–H and O–H groups in total. The smallest absolute Gasteiger partial charge is 0.238 e. The molecule has 0 atom stereocenters. The lowest BCUT2D eigenvalue weighted by Crippen LogP contribution is -2.12. The van der Waals surface area contributed by atoms with E-state index >= 15 is 0 Å². The second-order valence-corrected chi connectivity index (χ2v) is 7.83. The van der Waals surface area contributed by atoms with Gasteiger partial charge in [-0.05, 0) is 36.4 Å². The van der Waals surface area contributed by atoms with Gasteiger partial charge in [0.05, 0.1) is 33.4 Å². The number of benzene rings is 2. The van der Waals surface area contributed by atoms with Crippen LogP contribution in [0.3, 0.4) is 0 Å². The van der Waals surface area contributed by atoms with Crippen LogP contribution in [0.2, 0.25) is 10.0 Å². The van der Waals surface area contributed by atoms with Crippen LogP contribution in [-0.2, 0) is 10.0 Å². The van der Waals surface area contributed by atoms with Crippen molar-refractivity contribution in [3.8, 4) is 28.8 Å². The molecular formula is C17H12Cl2N4O3S. The maximum absolute atomic E-state index is 11.4. The third-order valence-corrected chi connectivity index (χ3v) is 5.22. The van der Waals surface area contributed by atoms with Crippen molar-refractivity contribution in [3.63, 3.8) is 0 Å². The Morgan fingerprint density at radius 3 is 2.22 bits per heavy atom. The van der Waals surface area contributed by atoms with Crippen LogP contribution in [0, 0.1) is 11.3 Å². The summed E-state index contributed by atoms with van der Waals surface area (Å²) in [6.45, 7) is 0. The van der Waals surface area contributed by atoms with Gasteiger partial charge in [-0.15, -0.1) is 0 Å². The minimum atomic E-state index is -3.81. The lowest BCUT2D eigenvalue weighted by Gasteiger charge is -2.11. The average Bonchev–Trinajstić information content (AvgIpc) is 3.05. The van der Waals surface area contributed by atoms with Crippen molar-refractivity contribution in [3.05, 3.63) is 58.2 Å². The van der Waals surface area contributed by atoms with E-state index in [1.807, 2.05) is 6.07 Å². The monoisotopic (exact) mass is 422 g/mol. The maximum atomic E-state index is 11.4. The summed E-state index contributed by atoms with van der Waals surface area (Å²) in [7, 11) is -2.36. The van der Waals surface area contributed by atoms with Gasteiger partial charge < -0.3 is 4.74 Å². The molecule has 0 radical (unpaired) electrons. The van der Waals surface area contributed by atoms with Crippen LogP contribution in [0.15, 0.2) is 47.4 Å². The molecule has 138 valence electrons. The largest absolute Gasteiger partial charge is 0.494 e. The molecule has 1 heterocycles. The fourth-order valence-corrected chi connectivity index (χ4v) is 3.67. The highest BCUT2D eigenvalue weighted by Gasteiger charge is 2.16. The molecule has 1 aromatic heterocycles. The summed E-state index contributed by atoms with van der Waals surface area (Å²) in [5.41, 5.74) is 1.85. The molecule has 0 amide bonds. The highest BCUT2D eigenvalue weighted by Crippen LogP contribution is 2.38. The minimum absolute atomic E-state index is 0.0315. The van der Waals surface area contributed by atoms with Crippen molar-refractivity contribution in [2.45, 2.75) is 4.90 Å². The lowest BCUT2D eigenvalue weighted by molar-refractivity contribution is 0.415. The number of primary sulfonamides is 1. The zero-order valence-electron chi connectivity index (χ0n) is 13.8. The molecule has 10 heteroatoms.